The van der Waals surface area contributed by atoms with Crippen molar-refractivity contribution in [3.63, 3.8) is 0 Å². The molecule has 19 heavy (non-hydrogen) atoms. The molecule has 0 bridgehead atoms. The lowest BCUT2D eigenvalue weighted by Crippen LogP contribution is -2.13. The Labute approximate surface area is 114 Å². The molecule has 0 fully saturated rings. The molecule has 1 N–H and O–H groups in total. The lowest BCUT2D eigenvalue weighted by molar-refractivity contribution is 0.102. The molecular formula is C12H6BrF3N2O. The van der Waals surface area contributed by atoms with Crippen LogP contribution in [0.1, 0.15) is 10.4 Å². The Morgan fingerprint density at radius 1 is 1.16 bits per heavy atom. The quantitative estimate of drug-likeness (QED) is 0.676. The number of benzene rings is 1. The summed E-state index contributed by atoms with van der Waals surface area (Å²) in [6, 6.07) is 3.90. The number of carbonyl (C=O) groups excluding carboxylic acids is 1. The summed E-state index contributed by atoms with van der Waals surface area (Å²) in [7, 11) is 0. The summed E-state index contributed by atoms with van der Waals surface area (Å²) in [5, 5.41) is 2.22. The second kappa shape index (κ2) is 5.40. The van der Waals surface area contributed by atoms with Crippen LogP contribution in [-0.4, -0.2) is 10.9 Å². The summed E-state index contributed by atoms with van der Waals surface area (Å²) in [4.78, 5) is 15.0. The van der Waals surface area contributed by atoms with Crippen molar-refractivity contribution in [2.24, 2.45) is 0 Å². The number of pyridine rings is 1. The molecule has 1 aromatic heterocycles. The number of nitrogens with zero attached hydrogens (tertiary/aromatic N) is 1. The Hall–Kier alpha value is -1.89. The standard InChI is InChI=1S/C12H6BrF3N2O/c13-7-4-10(9(15)5-8(7)14)18-12(19)6-1-2-17-11(16)3-6/h1-5H,(H,18,19). The van der Waals surface area contributed by atoms with Crippen molar-refractivity contribution in [2.45, 2.75) is 0 Å². The highest BCUT2D eigenvalue weighted by molar-refractivity contribution is 9.10. The summed E-state index contributed by atoms with van der Waals surface area (Å²) >= 11 is 2.88. The van der Waals surface area contributed by atoms with Crippen molar-refractivity contribution in [1.82, 2.24) is 4.98 Å². The van der Waals surface area contributed by atoms with E-state index < -0.39 is 23.5 Å². The molecule has 2 rings (SSSR count). The molecule has 7 heteroatoms. The van der Waals surface area contributed by atoms with Crippen LogP contribution in [0.25, 0.3) is 0 Å². The zero-order valence-electron chi connectivity index (χ0n) is 9.25. The molecule has 0 aliphatic carbocycles. The van der Waals surface area contributed by atoms with E-state index >= 15 is 0 Å². The minimum Gasteiger partial charge on any atom is -0.319 e. The highest BCUT2D eigenvalue weighted by atomic mass is 79.9. The minimum absolute atomic E-state index is 0.00473. The van der Waals surface area contributed by atoms with Gasteiger partial charge in [0.2, 0.25) is 5.95 Å². The first-order valence-corrected chi connectivity index (χ1v) is 5.84. The van der Waals surface area contributed by atoms with Crippen molar-refractivity contribution in [3.05, 3.63) is 58.1 Å². The van der Waals surface area contributed by atoms with E-state index in [1.165, 1.54) is 6.07 Å². The van der Waals surface area contributed by atoms with E-state index in [-0.39, 0.29) is 15.7 Å². The second-order valence-electron chi connectivity index (χ2n) is 3.57. The first kappa shape index (κ1) is 13.5. The number of rotatable bonds is 2. The summed E-state index contributed by atoms with van der Waals surface area (Å²) in [5.41, 5.74) is -0.233. The van der Waals surface area contributed by atoms with Gasteiger partial charge in [-0.2, -0.15) is 4.39 Å². The third kappa shape index (κ3) is 3.11. The molecule has 1 aromatic carbocycles. The molecule has 1 amide bonds. The van der Waals surface area contributed by atoms with Crippen LogP contribution in [0, 0.1) is 17.6 Å². The van der Waals surface area contributed by atoms with Crippen molar-refractivity contribution in [2.75, 3.05) is 5.32 Å². The number of carbonyl (C=O) groups is 1. The lowest BCUT2D eigenvalue weighted by Gasteiger charge is -2.07. The molecule has 3 nitrogen and oxygen atoms in total. The molecule has 2 aromatic rings. The van der Waals surface area contributed by atoms with E-state index in [9.17, 15) is 18.0 Å². The van der Waals surface area contributed by atoms with Gasteiger partial charge in [0.15, 0.2) is 0 Å². The molecule has 0 aliphatic rings. The number of amides is 1. The largest absolute Gasteiger partial charge is 0.319 e. The number of hydrogen-bond acceptors (Lipinski definition) is 2. The van der Waals surface area contributed by atoms with Gasteiger partial charge in [-0.15, -0.1) is 0 Å². The number of aromatic nitrogens is 1. The molecule has 1 heterocycles. The zero-order valence-corrected chi connectivity index (χ0v) is 10.8. The SMILES string of the molecule is O=C(Nc1cc(Br)c(F)cc1F)c1ccnc(F)c1. The number of nitrogens with one attached hydrogen (secondary N) is 1. The number of hydrogen-bond donors (Lipinski definition) is 1. The van der Waals surface area contributed by atoms with Crippen LogP contribution in [-0.2, 0) is 0 Å². The lowest BCUT2D eigenvalue weighted by atomic mass is 10.2. The fourth-order valence-electron chi connectivity index (χ4n) is 1.36. The van der Waals surface area contributed by atoms with Gasteiger partial charge in [0, 0.05) is 23.9 Å². The van der Waals surface area contributed by atoms with E-state index in [2.05, 4.69) is 26.2 Å². The zero-order chi connectivity index (χ0) is 14.0. The van der Waals surface area contributed by atoms with E-state index in [1.54, 1.807) is 0 Å². The normalized spacial score (nSPS) is 10.3. The van der Waals surface area contributed by atoms with Gasteiger partial charge in [0.1, 0.15) is 11.6 Å². The Morgan fingerprint density at radius 3 is 2.58 bits per heavy atom. The average molecular weight is 331 g/mol. The predicted molar refractivity (Wildman–Crippen MR) is 66.2 cm³/mol. The van der Waals surface area contributed by atoms with E-state index in [1.807, 2.05) is 0 Å². The maximum absolute atomic E-state index is 13.4. The van der Waals surface area contributed by atoms with Crippen molar-refractivity contribution >= 4 is 27.5 Å². The highest BCUT2D eigenvalue weighted by Crippen LogP contribution is 2.24. The molecule has 0 atom stereocenters. The summed E-state index contributed by atoms with van der Waals surface area (Å²) < 4.78 is 39.3. The van der Waals surface area contributed by atoms with Crippen molar-refractivity contribution < 1.29 is 18.0 Å². The van der Waals surface area contributed by atoms with Gasteiger partial charge in [-0.3, -0.25) is 4.79 Å². The number of halogens is 4. The third-order valence-corrected chi connectivity index (χ3v) is 2.85. The van der Waals surface area contributed by atoms with Crippen LogP contribution < -0.4 is 5.32 Å². The van der Waals surface area contributed by atoms with Gasteiger partial charge in [0.25, 0.3) is 5.91 Å². The Morgan fingerprint density at radius 2 is 1.89 bits per heavy atom. The van der Waals surface area contributed by atoms with Crippen molar-refractivity contribution in [3.8, 4) is 0 Å². The Balaban J connectivity index is 2.27. The molecule has 0 radical (unpaired) electrons. The van der Waals surface area contributed by atoms with Gasteiger partial charge < -0.3 is 5.32 Å². The molecule has 0 spiro atoms. The topological polar surface area (TPSA) is 42.0 Å². The average Bonchev–Trinajstić information content (AvgIpc) is 2.36. The van der Waals surface area contributed by atoms with E-state index in [0.717, 1.165) is 18.3 Å². The summed E-state index contributed by atoms with van der Waals surface area (Å²) in [5.74, 6) is -3.26. The van der Waals surface area contributed by atoms with Gasteiger partial charge in [-0.25, -0.2) is 13.8 Å². The van der Waals surface area contributed by atoms with Crippen LogP contribution in [0.5, 0.6) is 0 Å². The molecular weight excluding hydrogens is 325 g/mol. The predicted octanol–water partition coefficient (Wildman–Crippen LogP) is 3.51. The first-order valence-electron chi connectivity index (χ1n) is 5.05. The Bertz CT molecular complexity index is 649. The van der Waals surface area contributed by atoms with Gasteiger partial charge >= 0.3 is 0 Å². The smallest absolute Gasteiger partial charge is 0.255 e. The molecule has 0 saturated heterocycles. The fourth-order valence-corrected chi connectivity index (χ4v) is 1.70. The maximum Gasteiger partial charge on any atom is 0.255 e. The van der Waals surface area contributed by atoms with Crippen LogP contribution in [0.15, 0.2) is 34.9 Å². The second-order valence-corrected chi connectivity index (χ2v) is 4.42. The Kier molecular flexibility index (Phi) is 3.84. The molecule has 0 unspecified atom stereocenters. The van der Waals surface area contributed by atoms with Gasteiger partial charge in [-0.05, 0) is 28.1 Å². The minimum atomic E-state index is -0.927. The molecule has 0 saturated carbocycles. The molecule has 0 aliphatic heterocycles. The summed E-state index contributed by atoms with van der Waals surface area (Å²) in [6.07, 6.45) is 1.11. The fraction of sp³-hybridized carbons (Fsp3) is 0. The van der Waals surface area contributed by atoms with Gasteiger partial charge in [-0.1, -0.05) is 0 Å². The van der Waals surface area contributed by atoms with E-state index in [4.69, 9.17) is 0 Å². The highest BCUT2D eigenvalue weighted by Gasteiger charge is 2.13. The van der Waals surface area contributed by atoms with Crippen LogP contribution >= 0.6 is 15.9 Å². The monoisotopic (exact) mass is 330 g/mol. The van der Waals surface area contributed by atoms with Crippen molar-refractivity contribution in [1.29, 1.82) is 0 Å². The van der Waals surface area contributed by atoms with Crippen LogP contribution in [0.2, 0.25) is 0 Å². The van der Waals surface area contributed by atoms with Crippen LogP contribution in [0.4, 0.5) is 18.9 Å². The van der Waals surface area contributed by atoms with Gasteiger partial charge in [0.05, 0.1) is 10.2 Å². The van der Waals surface area contributed by atoms with Crippen LogP contribution in [0.3, 0.4) is 0 Å². The first-order chi connectivity index (χ1) is 8.97. The maximum atomic E-state index is 13.4. The summed E-state index contributed by atoms with van der Waals surface area (Å²) in [6.45, 7) is 0. The third-order valence-electron chi connectivity index (χ3n) is 2.25. The molecule has 98 valence electrons. The van der Waals surface area contributed by atoms with E-state index in [0.29, 0.717) is 6.07 Å². The number of anilines is 1.